The van der Waals surface area contributed by atoms with Crippen molar-refractivity contribution in [2.75, 3.05) is 7.11 Å². The molecule has 0 aromatic rings. The van der Waals surface area contributed by atoms with E-state index in [0.717, 1.165) is 12.8 Å². The number of carbonyl (C=O) groups excluding carboxylic acids is 2. The number of hydrogen-bond acceptors (Lipinski definition) is 5. The summed E-state index contributed by atoms with van der Waals surface area (Å²) in [5.74, 6) is -1.81. The number of aliphatic hydroxyl groups excluding tert-OH is 1. The van der Waals surface area contributed by atoms with Crippen molar-refractivity contribution in [1.82, 2.24) is 5.32 Å². The maximum atomic E-state index is 12.0. The van der Waals surface area contributed by atoms with E-state index in [1.165, 1.54) is 14.0 Å². The number of hydrogen-bond donors (Lipinski definition) is 4. The lowest BCUT2D eigenvalue weighted by Gasteiger charge is -2.35. The summed E-state index contributed by atoms with van der Waals surface area (Å²) in [6, 6.07) is -0.776. The van der Waals surface area contributed by atoms with Gasteiger partial charge in [-0.15, -0.1) is 0 Å². The first-order valence-electron chi connectivity index (χ1n) is 8.38. The standard InChI is InChI=1S/C16H30N4O4/c1-5-9(6-2)13(19-8(3)21)12-11(20-16(17)18)7-10(14(12)22)15(23)24-4/h9-14,22H,5-7H2,1-4H3,(H,19,21)(H4,17,18,20)/t10-,11+,12+,13?,14+/m0/s1. The molecule has 0 aromatic heterocycles. The van der Waals surface area contributed by atoms with E-state index in [0.29, 0.717) is 0 Å². The quantitative estimate of drug-likeness (QED) is 0.285. The number of esters is 1. The summed E-state index contributed by atoms with van der Waals surface area (Å²) < 4.78 is 4.78. The largest absolute Gasteiger partial charge is 0.469 e. The second-order valence-electron chi connectivity index (χ2n) is 6.36. The van der Waals surface area contributed by atoms with Crippen LogP contribution in [0.4, 0.5) is 0 Å². The van der Waals surface area contributed by atoms with Gasteiger partial charge in [0.05, 0.1) is 25.2 Å². The monoisotopic (exact) mass is 342 g/mol. The highest BCUT2D eigenvalue weighted by Gasteiger charge is 2.51. The molecule has 1 aliphatic carbocycles. The lowest BCUT2D eigenvalue weighted by Crippen LogP contribution is -2.51. The Morgan fingerprint density at radius 2 is 1.92 bits per heavy atom. The second kappa shape index (κ2) is 8.86. The maximum absolute atomic E-state index is 12.0. The topological polar surface area (TPSA) is 140 Å². The van der Waals surface area contributed by atoms with Crippen molar-refractivity contribution in [1.29, 1.82) is 0 Å². The smallest absolute Gasteiger partial charge is 0.311 e. The molecule has 138 valence electrons. The number of guanidine groups is 1. The van der Waals surface area contributed by atoms with Crippen molar-refractivity contribution in [2.24, 2.45) is 34.2 Å². The summed E-state index contributed by atoms with van der Waals surface area (Å²) >= 11 is 0. The van der Waals surface area contributed by atoms with Crippen LogP contribution in [0.15, 0.2) is 4.99 Å². The van der Waals surface area contributed by atoms with E-state index in [9.17, 15) is 14.7 Å². The van der Waals surface area contributed by atoms with E-state index in [2.05, 4.69) is 10.3 Å². The Labute approximate surface area is 143 Å². The van der Waals surface area contributed by atoms with E-state index in [-0.39, 0.29) is 30.2 Å². The number of aliphatic hydroxyl groups is 1. The van der Waals surface area contributed by atoms with Gasteiger partial charge in [-0.05, 0) is 12.3 Å². The highest BCUT2D eigenvalue weighted by Crippen LogP contribution is 2.39. The Balaban J connectivity index is 3.24. The number of nitrogens with zero attached hydrogens (tertiary/aromatic N) is 1. The van der Waals surface area contributed by atoms with Crippen LogP contribution in [0.2, 0.25) is 0 Å². The highest BCUT2D eigenvalue weighted by molar-refractivity contribution is 5.77. The van der Waals surface area contributed by atoms with Gasteiger partial charge in [-0.25, -0.2) is 4.99 Å². The number of nitrogens with one attached hydrogen (secondary N) is 1. The fourth-order valence-corrected chi connectivity index (χ4v) is 3.78. The number of nitrogens with two attached hydrogens (primary N) is 2. The zero-order chi connectivity index (χ0) is 18.4. The summed E-state index contributed by atoms with van der Waals surface area (Å²) in [7, 11) is 1.28. The lowest BCUT2D eigenvalue weighted by molar-refractivity contribution is -0.149. The summed E-state index contributed by atoms with van der Waals surface area (Å²) in [4.78, 5) is 27.9. The number of amides is 1. The molecule has 0 saturated heterocycles. The van der Waals surface area contributed by atoms with Crippen molar-refractivity contribution < 1.29 is 19.4 Å². The molecule has 0 heterocycles. The van der Waals surface area contributed by atoms with E-state index < -0.39 is 30.0 Å². The van der Waals surface area contributed by atoms with Crippen LogP contribution in [0.5, 0.6) is 0 Å². The molecule has 1 aliphatic rings. The van der Waals surface area contributed by atoms with Crippen molar-refractivity contribution in [2.45, 2.75) is 58.2 Å². The molecule has 1 fully saturated rings. The summed E-state index contributed by atoms with van der Waals surface area (Å²) in [5, 5.41) is 13.7. The van der Waals surface area contributed by atoms with Crippen molar-refractivity contribution in [3.63, 3.8) is 0 Å². The molecular weight excluding hydrogens is 312 g/mol. The van der Waals surface area contributed by atoms with Crippen molar-refractivity contribution in [3.05, 3.63) is 0 Å². The second-order valence-corrected chi connectivity index (χ2v) is 6.36. The zero-order valence-electron chi connectivity index (χ0n) is 14.9. The number of methoxy groups -OCH3 is 1. The third-order valence-corrected chi connectivity index (χ3v) is 4.91. The molecule has 6 N–H and O–H groups in total. The van der Waals surface area contributed by atoms with E-state index >= 15 is 0 Å². The molecule has 1 saturated carbocycles. The average Bonchev–Trinajstić information content (AvgIpc) is 2.82. The molecule has 0 bridgehead atoms. The van der Waals surface area contributed by atoms with Gasteiger partial charge < -0.3 is 26.6 Å². The van der Waals surface area contributed by atoms with E-state index in [1.807, 2.05) is 13.8 Å². The van der Waals surface area contributed by atoms with Crippen LogP contribution in [0.1, 0.15) is 40.0 Å². The number of ether oxygens (including phenoxy) is 1. The Kier molecular flexibility index (Phi) is 7.47. The minimum Gasteiger partial charge on any atom is -0.469 e. The SMILES string of the molecule is CCC(CC)C(NC(C)=O)[C@@H]1[C@H](O)[C@@H](C(=O)OC)C[C@H]1N=C(N)N. The van der Waals surface area contributed by atoms with Gasteiger partial charge in [0.25, 0.3) is 0 Å². The summed E-state index contributed by atoms with van der Waals surface area (Å²) in [6.07, 6.45) is 0.944. The molecule has 0 aliphatic heterocycles. The lowest BCUT2D eigenvalue weighted by atomic mass is 9.80. The van der Waals surface area contributed by atoms with Crippen LogP contribution in [0.3, 0.4) is 0 Å². The Morgan fingerprint density at radius 1 is 1.33 bits per heavy atom. The van der Waals surface area contributed by atoms with Crippen molar-refractivity contribution in [3.8, 4) is 0 Å². The molecule has 8 nitrogen and oxygen atoms in total. The molecule has 0 spiro atoms. The van der Waals surface area contributed by atoms with Crippen LogP contribution in [0.25, 0.3) is 0 Å². The van der Waals surface area contributed by atoms with Crippen LogP contribution >= 0.6 is 0 Å². The highest BCUT2D eigenvalue weighted by atomic mass is 16.5. The van der Waals surface area contributed by atoms with E-state index in [4.69, 9.17) is 16.2 Å². The fourth-order valence-electron chi connectivity index (χ4n) is 3.78. The van der Waals surface area contributed by atoms with Gasteiger partial charge in [-0.2, -0.15) is 0 Å². The Hall–Kier alpha value is -1.83. The minimum absolute atomic E-state index is 0.103. The molecule has 1 amide bonds. The minimum atomic E-state index is -0.983. The molecular formula is C16H30N4O4. The van der Waals surface area contributed by atoms with Crippen LogP contribution in [-0.2, 0) is 14.3 Å². The normalized spacial score (nSPS) is 27.6. The van der Waals surface area contributed by atoms with E-state index in [1.54, 1.807) is 0 Å². The fraction of sp³-hybridized carbons (Fsp3) is 0.812. The molecule has 1 unspecified atom stereocenters. The third-order valence-electron chi connectivity index (χ3n) is 4.91. The van der Waals surface area contributed by atoms with Crippen molar-refractivity contribution >= 4 is 17.8 Å². The molecule has 0 radical (unpaired) electrons. The molecule has 8 heteroatoms. The number of carbonyl (C=O) groups is 2. The van der Waals surface area contributed by atoms with Gasteiger partial charge >= 0.3 is 5.97 Å². The first-order valence-corrected chi connectivity index (χ1v) is 8.38. The molecule has 0 aromatic carbocycles. The predicted octanol–water partition coefficient (Wildman–Crippen LogP) is -0.261. The number of aliphatic imine (C=N–C) groups is 1. The maximum Gasteiger partial charge on any atom is 0.311 e. The molecule has 5 atom stereocenters. The Bertz CT molecular complexity index is 475. The first-order chi connectivity index (χ1) is 11.3. The molecule has 1 rings (SSSR count). The van der Waals surface area contributed by atoms with Gasteiger partial charge in [0.2, 0.25) is 5.91 Å². The summed E-state index contributed by atoms with van der Waals surface area (Å²) in [5.41, 5.74) is 11.0. The predicted molar refractivity (Wildman–Crippen MR) is 90.9 cm³/mol. The van der Waals surface area contributed by atoms with Gasteiger partial charge in [-0.1, -0.05) is 26.7 Å². The Morgan fingerprint density at radius 3 is 2.33 bits per heavy atom. The van der Waals surface area contributed by atoms with Gasteiger partial charge in [0.1, 0.15) is 0 Å². The zero-order valence-corrected chi connectivity index (χ0v) is 14.9. The average molecular weight is 342 g/mol. The van der Waals surface area contributed by atoms with Gasteiger partial charge in [0, 0.05) is 18.9 Å². The van der Waals surface area contributed by atoms with Crippen LogP contribution < -0.4 is 16.8 Å². The summed E-state index contributed by atoms with van der Waals surface area (Å²) in [6.45, 7) is 5.49. The third kappa shape index (κ3) is 4.59. The number of rotatable bonds is 7. The molecule has 24 heavy (non-hydrogen) atoms. The van der Waals surface area contributed by atoms with Gasteiger partial charge in [-0.3, -0.25) is 9.59 Å². The van der Waals surface area contributed by atoms with Crippen LogP contribution in [-0.4, -0.2) is 48.2 Å². The first kappa shape index (κ1) is 20.2. The van der Waals surface area contributed by atoms with Crippen LogP contribution in [0, 0.1) is 17.8 Å². The van der Waals surface area contributed by atoms with Gasteiger partial charge in [0.15, 0.2) is 5.96 Å².